The standard InChI is InChI=1S/C25H36N2/c1-5-7-9-14-20(3)15-13-19-24-25(21(4)16-10-8-6-2)27-23-18-12-11-17-22(23)26-24/h5,11-13,17-21H,1,6-10,14-16H2,2-4H3/b19-13+. The quantitative estimate of drug-likeness (QED) is 0.285. The number of hydrogen-bond acceptors (Lipinski definition) is 2. The van der Waals surface area contributed by atoms with Crippen LogP contribution in [0, 0.1) is 5.92 Å². The zero-order chi connectivity index (χ0) is 19.5. The second-order valence-electron chi connectivity index (χ2n) is 7.84. The van der Waals surface area contributed by atoms with Gasteiger partial charge in [0.1, 0.15) is 0 Å². The van der Waals surface area contributed by atoms with Crippen LogP contribution in [-0.4, -0.2) is 9.97 Å². The van der Waals surface area contributed by atoms with Gasteiger partial charge in [0.15, 0.2) is 0 Å². The molecule has 2 atom stereocenters. The summed E-state index contributed by atoms with van der Waals surface area (Å²) >= 11 is 0. The average Bonchev–Trinajstić information content (AvgIpc) is 2.67. The maximum absolute atomic E-state index is 4.99. The van der Waals surface area contributed by atoms with Crippen LogP contribution in [0.1, 0.15) is 89.4 Å². The van der Waals surface area contributed by atoms with Gasteiger partial charge < -0.3 is 0 Å². The molecule has 2 aromatic rings. The smallest absolute Gasteiger partial charge is 0.0894 e. The molecule has 0 aliphatic heterocycles. The van der Waals surface area contributed by atoms with Crippen molar-refractivity contribution in [3.05, 3.63) is 54.4 Å². The van der Waals surface area contributed by atoms with E-state index >= 15 is 0 Å². The zero-order valence-corrected chi connectivity index (χ0v) is 17.5. The lowest BCUT2D eigenvalue weighted by Gasteiger charge is -2.14. The predicted molar refractivity (Wildman–Crippen MR) is 119 cm³/mol. The number of benzene rings is 1. The Morgan fingerprint density at radius 2 is 1.74 bits per heavy atom. The number of unbranched alkanes of at least 4 members (excludes halogenated alkanes) is 3. The van der Waals surface area contributed by atoms with Crippen LogP contribution in [0.2, 0.25) is 0 Å². The highest BCUT2D eigenvalue weighted by Crippen LogP contribution is 2.26. The van der Waals surface area contributed by atoms with Crippen LogP contribution >= 0.6 is 0 Å². The summed E-state index contributed by atoms with van der Waals surface area (Å²) in [6, 6.07) is 8.21. The fourth-order valence-corrected chi connectivity index (χ4v) is 3.49. The van der Waals surface area contributed by atoms with E-state index in [9.17, 15) is 0 Å². The van der Waals surface area contributed by atoms with Crippen LogP contribution in [0.4, 0.5) is 0 Å². The summed E-state index contributed by atoms with van der Waals surface area (Å²) in [5, 5.41) is 0. The van der Waals surface area contributed by atoms with E-state index in [1.165, 1.54) is 38.5 Å². The minimum atomic E-state index is 0.443. The van der Waals surface area contributed by atoms with Gasteiger partial charge in [0.2, 0.25) is 0 Å². The summed E-state index contributed by atoms with van der Waals surface area (Å²) in [5.41, 5.74) is 4.20. The molecule has 146 valence electrons. The largest absolute Gasteiger partial charge is 0.249 e. The monoisotopic (exact) mass is 364 g/mol. The molecule has 2 nitrogen and oxygen atoms in total. The van der Waals surface area contributed by atoms with Crippen molar-refractivity contribution < 1.29 is 0 Å². The summed E-state index contributed by atoms with van der Waals surface area (Å²) in [5.74, 6) is 1.14. The highest BCUT2D eigenvalue weighted by atomic mass is 14.8. The molecular weight excluding hydrogens is 328 g/mol. The Balaban J connectivity index is 2.15. The van der Waals surface area contributed by atoms with Crippen molar-refractivity contribution in [2.24, 2.45) is 5.92 Å². The molecule has 1 aromatic carbocycles. The number of nitrogens with zero attached hydrogens (tertiary/aromatic N) is 2. The summed E-state index contributed by atoms with van der Waals surface area (Å²) in [4.78, 5) is 9.92. The van der Waals surface area contributed by atoms with E-state index in [1.54, 1.807) is 0 Å². The van der Waals surface area contributed by atoms with Crippen LogP contribution < -0.4 is 0 Å². The van der Waals surface area contributed by atoms with E-state index in [0.29, 0.717) is 11.8 Å². The molecule has 0 amide bonds. The first-order chi connectivity index (χ1) is 13.2. The highest BCUT2D eigenvalue weighted by Gasteiger charge is 2.14. The van der Waals surface area contributed by atoms with E-state index in [1.807, 2.05) is 18.2 Å². The van der Waals surface area contributed by atoms with Gasteiger partial charge in [0.25, 0.3) is 0 Å². The molecule has 2 rings (SSSR count). The van der Waals surface area contributed by atoms with E-state index in [0.717, 1.165) is 35.3 Å². The predicted octanol–water partition coefficient (Wildman–Crippen LogP) is 7.71. The molecule has 0 spiro atoms. The van der Waals surface area contributed by atoms with Gasteiger partial charge in [0.05, 0.1) is 22.4 Å². The summed E-state index contributed by atoms with van der Waals surface area (Å²) in [7, 11) is 0. The summed E-state index contributed by atoms with van der Waals surface area (Å²) < 4.78 is 0. The van der Waals surface area contributed by atoms with Crippen LogP contribution in [0.15, 0.2) is 43.0 Å². The van der Waals surface area contributed by atoms with Crippen molar-refractivity contribution >= 4 is 17.1 Å². The van der Waals surface area contributed by atoms with Crippen LogP contribution in [0.3, 0.4) is 0 Å². The second-order valence-corrected chi connectivity index (χ2v) is 7.84. The third kappa shape index (κ3) is 6.93. The van der Waals surface area contributed by atoms with Crippen molar-refractivity contribution in [3.8, 4) is 0 Å². The number of aromatic nitrogens is 2. The molecule has 1 heterocycles. The molecular formula is C25H36N2. The van der Waals surface area contributed by atoms with Crippen molar-refractivity contribution in [3.63, 3.8) is 0 Å². The highest BCUT2D eigenvalue weighted by molar-refractivity contribution is 5.75. The molecule has 27 heavy (non-hydrogen) atoms. The average molecular weight is 365 g/mol. The molecule has 0 radical (unpaired) electrons. The molecule has 2 unspecified atom stereocenters. The lowest BCUT2D eigenvalue weighted by Crippen LogP contribution is -2.04. The first kappa shape index (κ1) is 21.3. The third-order valence-electron chi connectivity index (χ3n) is 5.25. The van der Waals surface area contributed by atoms with Crippen LogP contribution in [0.25, 0.3) is 17.1 Å². The minimum Gasteiger partial charge on any atom is -0.249 e. The van der Waals surface area contributed by atoms with Crippen molar-refractivity contribution in [1.29, 1.82) is 0 Å². The third-order valence-corrected chi connectivity index (χ3v) is 5.25. The van der Waals surface area contributed by atoms with Crippen LogP contribution in [0.5, 0.6) is 0 Å². The van der Waals surface area contributed by atoms with Gasteiger partial charge >= 0.3 is 0 Å². The van der Waals surface area contributed by atoms with Gasteiger partial charge in [0, 0.05) is 5.92 Å². The molecule has 0 aliphatic carbocycles. The van der Waals surface area contributed by atoms with Gasteiger partial charge in [-0.1, -0.05) is 70.7 Å². The number of para-hydroxylation sites is 2. The SMILES string of the molecule is C=CCCCC(C)C/C=C/c1nc2ccccc2nc1C(C)CCCCC. The molecule has 0 saturated carbocycles. The lowest BCUT2D eigenvalue weighted by molar-refractivity contribution is 0.520. The Labute approximate surface area is 165 Å². The van der Waals surface area contributed by atoms with Crippen molar-refractivity contribution in [2.45, 2.75) is 78.1 Å². The topological polar surface area (TPSA) is 25.8 Å². The normalized spacial score (nSPS) is 13.9. The zero-order valence-electron chi connectivity index (χ0n) is 17.5. The fourth-order valence-electron chi connectivity index (χ4n) is 3.49. The Morgan fingerprint density at radius 3 is 2.44 bits per heavy atom. The number of rotatable bonds is 12. The van der Waals surface area contributed by atoms with Gasteiger partial charge in [-0.3, -0.25) is 0 Å². The van der Waals surface area contributed by atoms with Gasteiger partial charge in [-0.05, 0) is 49.8 Å². The molecule has 0 saturated heterocycles. The molecule has 0 N–H and O–H groups in total. The second kappa shape index (κ2) is 11.7. The molecule has 0 bridgehead atoms. The number of hydrogen-bond donors (Lipinski definition) is 0. The van der Waals surface area contributed by atoms with Gasteiger partial charge in [-0.2, -0.15) is 0 Å². The maximum Gasteiger partial charge on any atom is 0.0894 e. The van der Waals surface area contributed by atoms with Crippen molar-refractivity contribution in [2.75, 3.05) is 0 Å². The van der Waals surface area contributed by atoms with E-state index in [-0.39, 0.29) is 0 Å². The fraction of sp³-hybridized carbons (Fsp3) is 0.520. The first-order valence-electron chi connectivity index (χ1n) is 10.7. The van der Waals surface area contributed by atoms with Gasteiger partial charge in [-0.15, -0.1) is 6.58 Å². The lowest BCUT2D eigenvalue weighted by atomic mass is 9.96. The van der Waals surface area contributed by atoms with Crippen molar-refractivity contribution in [1.82, 2.24) is 9.97 Å². The number of fused-ring (bicyclic) bond motifs is 1. The molecule has 1 aromatic heterocycles. The Morgan fingerprint density at radius 1 is 1.00 bits per heavy atom. The Kier molecular flexibility index (Phi) is 9.24. The maximum atomic E-state index is 4.99. The minimum absolute atomic E-state index is 0.443. The Hall–Kier alpha value is -1.96. The first-order valence-corrected chi connectivity index (χ1v) is 10.7. The number of allylic oxidation sites excluding steroid dienone is 2. The molecule has 0 aliphatic rings. The van der Waals surface area contributed by atoms with E-state index < -0.39 is 0 Å². The van der Waals surface area contributed by atoms with Gasteiger partial charge in [-0.25, -0.2) is 9.97 Å². The summed E-state index contributed by atoms with van der Waals surface area (Å²) in [6.07, 6.45) is 16.2. The van der Waals surface area contributed by atoms with E-state index in [4.69, 9.17) is 9.97 Å². The molecule has 2 heteroatoms. The van der Waals surface area contributed by atoms with Crippen LogP contribution in [-0.2, 0) is 0 Å². The Bertz CT molecular complexity index is 732. The van der Waals surface area contributed by atoms with E-state index in [2.05, 4.69) is 51.6 Å². The molecule has 0 fully saturated rings. The summed E-state index contributed by atoms with van der Waals surface area (Å²) in [6.45, 7) is 10.7.